The molecule has 3 rings (SSSR count). The zero-order valence-electron chi connectivity index (χ0n) is 17.2. The van der Waals surface area contributed by atoms with Crippen LogP contribution in [0.15, 0.2) is 60.7 Å². The van der Waals surface area contributed by atoms with Gasteiger partial charge in [-0.05, 0) is 57.0 Å². The lowest BCUT2D eigenvalue weighted by Gasteiger charge is -2.11. The molecule has 0 saturated carbocycles. The number of rotatable bonds is 10. The van der Waals surface area contributed by atoms with Crippen molar-refractivity contribution in [2.45, 2.75) is 39.7 Å². The Labute approximate surface area is 172 Å². The molecule has 0 unspecified atom stereocenters. The van der Waals surface area contributed by atoms with Crippen molar-refractivity contribution >= 4 is 16.9 Å². The van der Waals surface area contributed by atoms with Gasteiger partial charge in [-0.25, -0.2) is 4.98 Å². The molecule has 1 N–H and O–H groups in total. The van der Waals surface area contributed by atoms with Gasteiger partial charge in [0.25, 0.3) is 0 Å². The Kier molecular flexibility index (Phi) is 7.45. The fourth-order valence-corrected chi connectivity index (χ4v) is 3.28. The summed E-state index contributed by atoms with van der Waals surface area (Å²) in [5, 5.41) is 2.90. The van der Waals surface area contributed by atoms with Crippen LogP contribution in [0.1, 0.15) is 31.2 Å². The van der Waals surface area contributed by atoms with Crippen LogP contribution >= 0.6 is 0 Å². The summed E-state index contributed by atoms with van der Waals surface area (Å²) in [6, 6.07) is 16.4. The molecule has 152 valence electrons. The van der Waals surface area contributed by atoms with Gasteiger partial charge in [-0.1, -0.05) is 35.9 Å². The molecule has 1 heterocycles. The second-order valence-electron chi connectivity index (χ2n) is 7.08. The minimum Gasteiger partial charge on any atom is -0.494 e. The molecule has 0 aliphatic rings. The second-order valence-corrected chi connectivity index (χ2v) is 7.08. The van der Waals surface area contributed by atoms with Crippen LogP contribution in [0.4, 0.5) is 0 Å². The highest BCUT2D eigenvalue weighted by Gasteiger charge is 2.10. The van der Waals surface area contributed by atoms with Crippen LogP contribution in [0.2, 0.25) is 0 Å². The van der Waals surface area contributed by atoms with Gasteiger partial charge in [-0.3, -0.25) is 4.79 Å². The van der Waals surface area contributed by atoms with Gasteiger partial charge in [0.15, 0.2) is 0 Å². The van der Waals surface area contributed by atoms with Gasteiger partial charge in [0, 0.05) is 19.5 Å². The zero-order valence-corrected chi connectivity index (χ0v) is 17.2. The van der Waals surface area contributed by atoms with E-state index in [-0.39, 0.29) is 5.91 Å². The smallest absolute Gasteiger partial charge is 0.243 e. The van der Waals surface area contributed by atoms with E-state index in [1.807, 2.05) is 37.3 Å². The van der Waals surface area contributed by atoms with Crippen molar-refractivity contribution in [1.82, 2.24) is 14.9 Å². The summed E-state index contributed by atoms with van der Waals surface area (Å²) in [6.45, 7) is 6.07. The number of imidazole rings is 1. The van der Waals surface area contributed by atoms with Gasteiger partial charge in [0.05, 0.1) is 17.6 Å². The number of hydrogen-bond acceptors (Lipinski definition) is 3. The van der Waals surface area contributed by atoms with Crippen LogP contribution in [-0.4, -0.2) is 28.6 Å². The summed E-state index contributed by atoms with van der Waals surface area (Å²) in [5.41, 5.74) is 3.39. The van der Waals surface area contributed by atoms with E-state index in [0.29, 0.717) is 13.2 Å². The summed E-state index contributed by atoms with van der Waals surface area (Å²) >= 11 is 0. The maximum absolute atomic E-state index is 11.5. The third-order valence-corrected chi connectivity index (χ3v) is 4.74. The van der Waals surface area contributed by atoms with Crippen molar-refractivity contribution < 1.29 is 9.53 Å². The van der Waals surface area contributed by atoms with Crippen molar-refractivity contribution in [3.8, 4) is 5.75 Å². The number of fused-ring (bicyclic) bond motifs is 1. The summed E-state index contributed by atoms with van der Waals surface area (Å²) < 4.78 is 8.15. The summed E-state index contributed by atoms with van der Waals surface area (Å²) in [6.07, 6.45) is 5.87. The van der Waals surface area contributed by atoms with E-state index < -0.39 is 0 Å². The Bertz CT molecular complexity index is 958. The molecule has 0 radical (unpaired) electrons. The quantitative estimate of drug-likeness (QED) is 0.411. The molecular formula is C24H29N3O2. The van der Waals surface area contributed by atoms with E-state index in [2.05, 4.69) is 35.0 Å². The molecule has 2 aromatic carbocycles. The molecule has 0 saturated heterocycles. The number of benzene rings is 2. The molecule has 1 aromatic heterocycles. The van der Waals surface area contributed by atoms with E-state index in [4.69, 9.17) is 9.72 Å². The van der Waals surface area contributed by atoms with E-state index >= 15 is 0 Å². The molecule has 3 aromatic rings. The molecule has 29 heavy (non-hydrogen) atoms. The summed E-state index contributed by atoms with van der Waals surface area (Å²) in [5.74, 6) is 1.92. The molecule has 0 bridgehead atoms. The van der Waals surface area contributed by atoms with Crippen molar-refractivity contribution in [1.29, 1.82) is 0 Å². The number of ether oxygens (including phenoxy) is 1. The number of para-hydroxylation sites is 2. The van der Waals surface area contributed by atoms with Crippen LogP contribution in [0.3, 0.4) is 0 Å². The number of amides is 1. The normalized spacial score (nSPS) is 11.2. The number of aromatic nitrogens is 2. The van der Waals surface area contributed by atoms with Crippen LogP contribution in [-0.2, 0) is 17.8 Å². The standard InChI is InChI=1S/C24H29N3O2/c1-3-8-24(28)25-16-6-11-23-26-21-9-4-5-10-22(21)27(23)17-7-18-29-20-14-12-19(2)13-15-20/h3-5,8-10,12-15H,6-7,11,16-18H2,1-2H3,(H,25,28)/b8-3-. The Balaban J connectivity index is 1.57. The molecule has 1 amide bonds. The van der Waals surface area contributed by atoms with Gasteiger partial charge >= 0.3 is 0 Å². The number of allylic oxidation sites excluding steroid dienone is 1. The molecule has 0 fully saturated rings. The first kappa shape index (κ1) is 20.6. The predicted octanol–water partition coefficient (Wildman–Crippen LogP) is 4.44. The van der Waals surface area contributed by atoms with E-state index in [9.17, 15) is 4.79 Å². The minimum absolute atomic E-state index is 0.0470. The van der Waals surface area contributed by atoms with Gasteiger partial charge < -0.3 is 14.6 Å². The molecular weight excluding hydrogens is 362 g/mol. The van der Waals surface area contributed by atoms with Crippen LogP contribution in [0.25, 0.3) is 11.0 Å². The number of hydrogen-bond donors (Lipinski definition) is 1. The highest BCUT2D eigenvalue weighted by atomic mass is 16.5. The average molecular weight is 392 g/mol. The third kappa shape index (κ3) is 5.95. The number of nitrogens with one attached hydrogen (secondary N) is 1. The molecule has 5 heteroatoms. The molecule has 0 aliphatic heterocycles. The van der Waals surface area contributed by atoms with Crippen LogP contribution < -0.4 is 10.1 Å². The van der Waals surface area contributed by atoms with Gasteiger partial charge in [-0.15, -0.1) is 0 Å². The Morgan fingerprint density at radius 2 is 1.93 bits per heavy atom. The highest BCUT2D eigenvalue weighted by molar-refractivity contribution is 5.87. The zero-order chi connectivity index (χ0) is 20.5. The van der Waals surface area contributed by atoms with Gasteiger partial charge in [0.2, 0.25) is 5.91 Å². The maximum Gasteiger partial charge on any atom is 0.243 e. The van der Waals surface area contributed by atoms with E-state index in [0.717, 1.165) is 48.4 Å². The Morgan fingerprint density at radius 1 is 1.14 bits per heavy atom. The number of carbonyl (C=O) groups is 1. The SMILES string of the molecule is C/C=C\C(=O)NCCCc1nc2ccccc2n1CCCOc1ccc(C)cc1. The first-order valence-corrected chi connectivity index (χ1v) is 10.2. The monoisotopic (exact) mass is 391 g/mol. The lowest BCUT2D eigenvalue weighted by atomic mass is 10.2. The number of nitrogens with zero attached hydrogens (tertiary/aromatic N) is 2. The predicted molar refractivity (Wildman–Crippen MR) is 117 cm³/mol. The first-order chi connectivity index (χ1) is 14.2. The van der Waals surface area contributed by atoms with E-state index in [1.54, 1.807) is 12.2 Å². The molecule has 0 atom stereocenters. The average Bonchev–Trinajstić information content (AvgIpc) is 3.07. The van der Waals surface area contributed by atoms with Crippen molar-refractivity contribution in [2.24, 2.45) is 0 Å². The number of carbonyl (C=O) groups excluding carboxylic acids is 1. The largest absolute Gasteiger partial charge is 0.494 e. The van der Waals surface area contributed by atoms with Gasteiger partial charge in [0.1, 0.15) is 11.6 Å². The van der Waals surface area contributed by atoms with E-state index in [1.165, 1.54) is 5.56 Å². The lowest BCUT2D eigenvalue weighted by molar-refractivity contribution is -0.116. The van der Waals surface area contributed by atoms with Crippen LogP contribution in [0, 0.1) is 6.92 Å². The van der Waals surface area contributed by atoms with Crippen molar-refractivity contribution in [3.63, 3.8) is 0 Å². The maximum atomic E-state index is 11.5. The van der Waals surface area contributed by atoms with Crippen molar-refractivity contribution in [3.05, 3.63) is 72.1 Å². The molecule has 0 aliphatic carbocycles. The van der Waals surface area contributed by atoms with Crippen LogP contribution in [0.5, 0.6) is 5.75 Å². The summed E-state index contributed by atoms with van der Waals surface area (Å²) in [7, 11) is 0. The third-order valence-electron chi connectivity index (χ3n) is 4.74. The fourth-order valence-electron chi connectivity index (χ4n) is 3.28. The Hall–Kier alpha value is -3.08. The fraction of sp³-hybridized carbons (Fsp3) is 0.333. The number of aryl methyl sites for hydroxylation is 3. The molecule has 5 nitrogen and oxygen atoms in total. The van der Waals surface area contributed by atoms with Gasteiger partial charge in [-0.2, -0.15) is 0 Å². The second kappa shape index (κ2) is 10.5. The minimum atomic E-state index is -0.0470. The first-order valence-electron chi connectivity index (χ1n) is 10.2. The molecule has 0 spiro atoms. The highest BCUT2D eigenvalue weighted by Crippen LogP contribution is 2.18. The summed E-state index contributed by atoms with van der Waals surface area (Å²) in [4.78, 5) is 16.3. The van der Waals surface area contributed by atoms with Crippen molar-refractivity contribution in [2.75, 3.05) is 13.2 Å². The Morgan fingerprint density at radius 3 is 2.72 bits per heavy atom. The topological polar surface area (TPSA) is 56.2 Å². The lowest BCUT2D eigenvalue weighted by Crippen LogP contribution is -2.22.